The van der Waals surface area contributed by atoms with Gasteiger partial charge in [-0.3, -0.25) is 15.0 Å². The van der Waals surface area contributed by atoms with Crippen molar-refractivity contribution in [2.75, 3.05) is 11.9 Å². The van der Waals surface area contributed by atoms with E-state index in [1.807, 2.05) is 35.8 Å². The highest BCUT2D eigenvalue weighted by Crippen LogP contribution is 2.33. The van der Waals surface area contributed by atoms with Crippen LogP contribution in [0, 0.1) is 0 Å². The first-order chi connectivity index (χ1) is 14.2. The zero-order chi connectivity index (χ0) is 19.8. The molecule has 0 spiro atoms. The number of hydrogen-bond donors (Lipinski definition) is 1. The molecule has 2 aromatic heterocycles. The van der Waals surface area contributed by atoms with Crippen molar-refractivity contribution in [3.8, 4) is 0 Å². The topological polar surface area (TPSA) is 58.1 Å². The van der Waals surface area contributed by atoms with Crippen LogP contribution in [-0.2, 0) is 13.0 Å². The smallest absolute Gasteiger partial charge is 0.257 e. The number of nitrogens with one attached hydrogen (secondary N) is 1. The zero-order valence-corrected chi connectivity index (χ0v) is 17.6. The Morgan fingerprint density at radius 1 is 1.21 bits per heavy atom. The molecule has 1 aliphatic heterocycles. The van der Waals surface area contributed by atoms with Crippen LogP contribution in [0.15, 0.2) is 54.0 Å². The van der Waals surface area contributed by atoms with Gasteiger partial charge >= 0.3 is 0 Å². The van der Waals surface area contributed by atoms with Crippen molar-refractivity contribution in [2.45, 2.75) is 25.9 Å². The summed E-state index contributed by atoms with van der Waals surface area (Å²) in [5, 5.41) is 3.63. The summed E-state index contributed by atoms with van der Waals surface area (Å²) < 4.78 is 1.23. The van der Waals surface area contributed by atoms with E-state index >= 15 is 0 Å². The summed E-state index contributed by atoms with van der Waals surface area (Å²) in [5.74, 6) is -0.113. The van der Waals surface area contributed by atoms with E-state index in [4.69, 9.17) is 0 Å². The molecule has 0 aliphatic carbocycles. The second kappa shape index (κ2) is 7.67. The molecule has 0 saturated carbocycles. The van der Waals surface area contributed by atoms with Gasteiger partial charge in [0, 0.05) is 36.0 Å². The van der Waals surface area contributed by atoms with E-state index in [0.717, 1.165) is 30.7 Å². The van der Waals surface area contributed by atoms with E-state index < -0.39 is 0 Å². The van der Waals surface area contributed by atoms with Gasteiger partial charge in [-0.2, -0.15) is 0 Å². The maximum Gasteiger partial charge on any atom is 0.257 e. The number of carbonyl (C=O) groups excluding carboxylic acids is 1. The molecule has 1 atom stereocenters. The van der Waals surface area contributed by atoms with Gasteiger partial charge in [0.2, 0.25) is 0 Å². The quantitative estimate of drug-likeness (QED) is 0.498. The fraction of sp³-hybridized carbons (Fsp3) is 0.227. The first kappa shape index (κ1) is 18.4. The summed E-state index contributed by atoms with van der Waals surface area (Å²) in [6, 6.07) is 16.1. The Bertz CT molecular complexity index is 1170. The van der Waals surface area contributed by atoms with Gasteiger partial charge in [0.25, 0.3) is 5.91 Å². The second-order valence-corrected chi connectivity index (χ2v) is 9.15. The van der Waals surface area contributed by atoms with Crippen molar-refractivity contribution in [1.29, 1.82) is 0 Å². The predicted octanol–water partition coefficient (Wildman–Crippen LogP) is 5.12. The summed E-state index contributed by atoms with van der Waals surface area (Å²) >= 11 is 3.26. The van der Waals surface area contributed by atoms with Crippen LogP contribution in [-0.4, -0.2) is 27.3 Å². The zero-order valence-electron chi connectivity index (χ0n) is 16.0. The van der Waals surface area contributed by atoms with Crippen LogP contribution < -0.4 is 5.32 Å². The minimum Gasteiger partial charge on any atom is -0.298 e. The molecule has 1 amide bonds. The molecule has 0 fully saturated rings. The molecule has 3 heterocycles. The maximum atomic E-state index is 12.4. The minimum atomic E-state index is -0.113. The molecule has 1 aliphatic rings. The SMILES string of the molecule is CC(c1ccc2scnc2c1)N1CCc2nc(NC(=O)c3ccccc3)sc2C1. The Labute approximate surface area is 177 Å². The molecule has 146 valence electrons. The fourth-order valence-electron chi connectivity index (χ4n) is 3.70. The lowest BCUT2D eigenvalue weighted by molar-refractivity contribution is 0.102. The molecule has 1 N–H and O–H groups in total. The normalized spacial score (nSPS) is 15.2. The Balaban J connectivity index is 1.31. The molecule has 0 saturated heterocycles. The molecule has 7 heteroatoms. The molecule has 4 aromatic rings. The molecule has 2 aromatic carbocycles. The standard InChI is InChI=1S/C22H20N4OS2/c1-14(16-7-8-19-18(11-16)23-13-28-19)26-10-9-17-20(12-26)29-22(24-17)25-21(27)15-5-3-2-4-6-15/h2-8,11,13-14H,9-10,12H2,1H3,(H,24,25,27). The number of anilines is 1. The Morgan fingerprint density at radius 2 is 2.07 bits per heavy atom. The first-order valence-electron chi connectivity index (χ1n) is 9.59. The molecule has 0 bridgehead atoms. The highest BCUT2D eigenvalue weighted by atomic mass is 32.1. The van der Waals surface area contributed by atoms with Crippen LogP contribution >= 0.6 is 22.7 Å². The number of rotatable bonds is 4. The third-order valence-electron chi connectivity index (χ3n) is 5.40. The van der Waals surface area contributed by atoms with Crippen molar-refractivity contribution < 1.29 is 4.79 Å². The van der Waals surface area contributed by atoms with Gasteiger partial charge < -0.3 is 0 Å². The summed E-state index contributed by atoms with van der Waals surface area (Å²) in [6.07, 6.45) is 0.899. The number of nitrogens with zero attached hydrogens (tertiary/aromatic N) is 3. The summed E-state index contributed by atoms with van der Waals surface area (Å²) in [4.78, 5) is 25.2. The van der Waals surface area contributed by atoms with Crippen LogP contribution in [0.25, 0.3) is 10.2 Å². The summed E-state index contributed by atoms with van der Waals surface area (Å²) in [7, 11) is 0. The van der Waals surface area contributed by atoms with Gasteiger partial charge in [-0.05, 0) is 36.8 Å². The third-order valence-corrected chi connectivity index (χ3v) is 7.21. The lowest BCUT2D eigenvalue weighted by Crippen LogP contribution is -2.32. The molecular weight excluding hydrogens is 400 g/mol. The van der Waals surface area contributed by atoms with Gasteiger partial charge in [0.05, 0.1) is 21.4 Å². The van der Waals surface area contributed by atoms with Crippen molar-refractivity contribution in [3.63, 3.8) is 0 Å². The van der Waals surface area contributed by atoms with E-state index in [1.54, 1.807) is 22.7 Å². The average Bonchev–Trinajstić information content (AvgIpc) is 3.38. The molecule has 5 nitrogen and oxygen atoms in total. The number of benzene rings is 2. The highest BCUT2D eigenvalue weighted by molar-refractivity contribution is 7.16. The largest absolute Gasteiger partial charge is 0.298 e. The number of aromatic nitrogens is 2. The van der Waals surface area contributed by atoms with E-state index in [-0.39, 0.29) is 5.91 Å². The number of fused-ring (bicyclic) bond motifs is 2. The average molecular weight is 421 g/mol. The lowest BCUT2D eigenvalue weighted by Gasteiger charge is -2.32. The van der Waals surface area contributed by atoms with E-state index in [0.29, 0.717) is 16.7 Å². The van der Waals surface area contributed by atoms with Gasteiger partial charge in [0.1, 0.15) is 0 Å². The van der Waals surface area contributed by atoms with Crippen LogP contribution in [0.2, 0.25) is 0 Å². The molecule has 0 radical (unpaired) electrons. The van der Waals surface area contributed by atoms with Crippen LogP contribution in [0.3, 0.4) is 0 Å². The van der Waals surface area contributed by atoms with Gasteiger partial charge in [0.15, 0.2) is 5.13 Å². The molecule has 29 heavy (non-hydrogen) atoms. The molecule has 1 unspecified atom stereocenters. The minimum absolute atomic E-state index is 0.113. The van der Waals surface area contributed by atoms with E-state index in [9.17, 15) is 4.79 Å². The van der Waals surface area contributed by atoms with E-state index in [2.05, 4.69) is 45.3 Å². The number of hydrogen-bond acceptors (Lipinski definition) is 6. The summed E-state index contributed by atoms with van der Waals surface area (Å²) in [6.45, 7) is 4.06. The van der Waals surface area contributed by atoms with Gasteiger partial charge in [-0.1, -0.05) is 24.3 Å². The van der Waals surface area contributed by atoms with Crippen molar-refractivity contribution in [2.24, 2.45) is 0 Å². The number of amides is 1. The number of thiazole rings is 2. The van der Waals surface area contributed by atoms with E-state index in [1.165, 1.54) is 15.1 Å². The predicted molar refractivity (Wildman–Crippen MR) is 119 cm³/mol. The Kier molecular flexibility index (Phi) is 4.87. The Hall–Kier alpha value is -2.61. The maximum absolute atomic E-state index is 12.4. The summed E-state index contributed by atoms with van der Waals surface area (Å²) in [5.41, 5.74) is 6.01. The third kappa shape index (κ3) is 3.69. The van der Waals surface area contributed by atoms with Crippen molar-refractivity contribution in [1.82, 2.24) is 14.9 Å². The highest BCUT2D eigenvalue weighted by Gasteiger charge is 2.25. The first-order valence-corrected chi connectivity index (χ1v) is 11.3. The lowest BCUT2D eigenvalue weighted by atomic mass is 10.0. The number of carbonyl (C=O) groups is 1. The van der Waals surface area contributed by atoms with Gasteiger partial charge in [-0.25, -0.2) is 9.97 Å². The van der Waals surface area contributed by atoms with Crippen LogP contribution in [0.4, 0.5) is 5.13 Å². The second-order valence-electron chi connectivity index (χ2n) is 7.19. The molecule has 5 rings (SSSR count). The Morgan fingerprint density at radius 3 is 2.93 bits per heavy atom. The van der Waals surface area contributed by atoms with Crippen molar-refractivity contribution >= 4 is 43.9 Å². The fourth-order valence-corrected chi connectivity index (χ4v) is 5.39. The van der Waals surface area contributed by atoms with Crippen LogP contribution in [0.1, 0.15) is 39.5 Å². The van der Waals surface area contributed by atoms with Crippen molar-refractivity contribution in [3.05, 3.63) is 75.7 Å². The van der Waals surface area contributed by atoms with Gasteiger partial charge in [-0.15, -0.1) is 22.7 Å². The monoisotopic (exact) mass is 420 g/mol. The molecular formula is C22H20N4OS2. The van der Waals surface area contributed by atoms with Crippen LogP contribution in [0.5, 0.6) is 0 Å².